The van der Waals surface area contributed by atoms with E-state index in [9.17, 15) is 18.3 Å². The maximum atomic E-state index is 11.9. The second kappa shape index (κ2) is 5.35. The van der Waals surface area contributed by atoms with Crippen molar-refractivity contribution in [1.82, 2.24) is 9.62 Å². The molecule has 2 N–H and O–H groups in total. The van der Waals surface area contributed by atoms with Crippen LogP contribution in [0.4, 0.5) is 0 Å². The number of sulfonamides is 1. The van der Waals surface area contributed by atoms with Crippen molar-refractivity contribution in [2.45, 2.75) is 29.1 Å². The van der Waals surface area contributed by atoms with Crippen LogP contribution in [0.25, 0.3) is 0 Å². The number of β-amino-alcohol motifs (C(OH)–C–C–N with tert-alkyl or cyclic N) is 1. The summed E-state index contributed by atoms with van der Waals surface area (Å²) >= 11 is 1.14. The normalized spacial score (nSPS) is 21.1. The molecular formula is C13H18N2O4S2. The Kier molecular flexibility index (Phi) is 3.81. The highest BCUT2D eigenvalue weighted by Gasteiger charge is 2.52. The van der Waals surface area contributed by atoms with Crippen molar-refractivity contribution >= 4 is 27.3 Å². The third-order valence-corrected chi connectivity index (χ3v) is 6.87. The van der Waals surface area contributed by atoms with Gasteiger partial charge in [0.15, 0.2) is 0 Å². The summed E-state index contributed by atoms with van der Waals surface area (Å²) in [5, 5.41) is 11.8. The van der Waals surface area contributed by atoms with Gasteiger partial charge in [0.25, 0.3) is 0 Å². The van der Waals surface area contributed by atoms with E-state index in [1.807, 2.05) is 0 Å². The zero-order valence-corrected chi connectivity index (χ0v) is 13.1. The smallest absolute Gasteiger partial charge is 0.250 e. The first-order valence-corrected chi connectivity index (χ1v) is 9.30. The van der Waals surface area contributed by atoms with E-state index in [0.29, 0.717) is 19.0 Å². The molecule has 0 bridgehead atoms. The van der Waals surface area contributed by atoms with Crippen molar-refractivity contribution in [1.29, 1.82) is 0 Å². The molecule has 1 aliphatic carbocycles. The number of nitrogens with one attached hydrogen (secondary N) is 1. The lowest BCUT2D eigenvalue weighted by Crippen LogP contribution is -2.64. The van der Waals surface area contributed by atoms with Crippen molar-refractivity contribution in [3.05, 3.63) is 17.5 Å². The SMILES string of the molecule is O=C(CCNS(=O)(=O)c1cccs1)N1CC(O)(C2CC2)C1. The highest BCUT2D eigenvalue weighted by Crippen LogP contribution is 2.44. The van der Waals surface area contributed by atoms with Gasteiger partial charge in [0, 0.05) is 13.0 Å². The van der Waals surface area contributed by atoms with Gasteiger partial charge in [0.1, 0.15) is 9.81 Å². The number of likely N-dealkylation sites (tertiary alicyclic amines) is 1. The number of amides is 1. The average Bonchev–Trinajstić information content (AvgIpc) is 3.09. The Morgan fingerprint density at radius 2 is 2.19 bits per heavy atom. The Hall–Kier alpha value is -0.960. The average molecular weight is 330 g/mol. The van der Waals surface area contributed by atoms with E-state index in [2.05, 4.69) is 4.72 Å². The van der Waals surface area contributed by atoms with Crippen LogP contribution in [-0.4, -0.2) is 49.6 Å². The fourth-order valence-corrected chi connectivity index (χ4v) is 4.68. The quantitative estimate of drug-likeness (QED) is 0.790. The minimum atomic E-state index is -3.50. The number of hydrogen-bond acceptors (Lipinski definition) is 5. The van der Waals surface area contributed by atoms with Gasteiger partial charge in [-0.2, -0.15) is 0 Å². The molecule has 0 aromatic carbocycles. The molecule has 1 amide bonds. The highest BCUT2D eigenvalue weighted by molar-refractivity contribution is 7.91. The molecule has 0 spiro atoms. The van der Waals surface area contributed by atoms with Crippen LogP contribution >= 0.6 is 11.3 Å². The molecule has 6 nitrogen and oxygen atoms in total. The molecule has 0 radical (unpaired) electrons. The highest BCUT2D eigenvalue weighted by atomic mass is 32.2. The van der Waals surface area contributed by atoms with E-state index in [0.717, 1.165) is 24.2 Å². The third kappa shape index (κ3) is 3.13. The van der Waals surface area contributed by atoms with Gasteiger partial charge in [-0.15, -0.1) is 11.3 Å². The third-order valence-electron chi connectivity index (χ3n) is 4.01. The molecule has 1 saturated carbocycles. The standard InChI is InChI=1S/C13H18N2O4S2/c16-11(15-8-13(17,9-15)10-3-4-10)5-6-14-21(18,19)12-2-1-7-20-12/h1-2,7,10,14,17H,3-6,8-9H2. The van der Waals surface area contributed by atoms with E-state index in [4.69, 9.17) is 0 Å². The van der Waals surface area contributed by atoms with Crippen LogP contribution in [0.2, 0.25) is 0 Å². The van der Waals surface area contributed by atoms with Crippen LogP contribution in [0, 0.1) is 5.92 Å². The van der Waals surface area contributed by atoms with Crippen molar-refractivity contribution in [2.24, 2.45) is 5.92 Å². The molecule has 1 aliphatic heterocycles. The first-order chi connectivity index (χ1) is 9.91. The van der Waals surface area contributed by atoms with Gasteiger partial charge in [0.05, 0.1) is 13.1 Å². The number of hydrogen-bond donors (Lipinski definition) is 2. The molecule has 1 aromatic rings. The summed E-state index contributed by atoms with van der Waals surface area (Å²) in [6, 6.07) is 3.20. The predicted octanol–water partition coefficient (Wildman–Crippen LogP) is 0.400. The van der Waals surface area contributed by atoms with E-state index in [-0.39, 0.29) is 23.1 Å². The fourth-order valence-electron chi connectivity index (χ4n) is 2.61. The largest absolute Gasteiger partial charge is 0.386 e. The lowest BCUT2D eigenvalue weighted by atomic mass is 9.88. The van der Waals surface area contributed by atoms with Gasteiger partial charge in [-0.05, 0) is 30.2 Å². The van der Waals surface area contributed by atoms with Gasteiger partial charge in [-0.25, -0.2) is 13.1 Å². The molecule has 0 atom stereocenters. The molecule has 3 rings (SSSR count). The maximum Gasteiger partial charge on any atom is 0.250 e. The van der Waals surface area contributed by atoms with Gasteiger partial charge < -0.3 is 10.0 Å². The lowest BCUT2D eigenvalue weighted by molar-refractivity contribution is -0.159. The van der Waals surface area contributed by atoms with Crippen molar-refractivity contribution < 1.29 is 18.3 Å². The Morgan fingerprint density at radius 1 is 1.48 bits per heavy atom. The molecule has 8 heteroatoms. The second-order valence-electron chi connectivity index (χ2n) is 5.71. The molecule has 0 unspecified atom stereocenters. The summed E-state index contributed by atoms with van der Waals surface area (Å²) in [7, 11) is -3.50. The summed E-state index contributed by atoms with van der Waals surface area (Å²) in [5.41, 5.74) is -0.688. The van der Waals surface area contributed by atoms with Gasteiger partial charge in [-0.1, -0.05) is 6.07 Å². The van der Waals surface area contributed by atoms with Crippen LogP contribution in [-0.2, 0) is 14.8 Å². The van der Waals surface area contributed by atoms with Gasteiger partial charge in [0.2, 0.25) is 15.9 Å². The first-order valence-electron chi connectivity index (χ1n) is 6.94. The van der Waals surface area contributed by atoms with Crippen LogP contribution in [0.3, 0.4) is 0 Å². The molecule has 116 valence electrons. The Morgan fingerprint density at radius 3 is 2.76 bits per heavy atom. The summed E-state index contributed by atoms with van der Waals surface area (Å²) in [6.45, 7) is 0.847. The number of nitrogens with zero attached hydrogens (tertiary/aromatic N) is 1. The van der Waals surface area contributed by atoms with E-state index < -0.39 is 15.6 Å². The van der Waals surface area contributed by atoms with Crippen LogP contribution in [0.1, 0.15) is 19.3 Å². The van der Waals surface area contributed by atoms with Crippen LogP contribution in [0.15, 0.2) is 21.7 Å². The van der Waals surface area contributed by atoms with E-state index in [1.54, 1.807) is 16.3 Å². The number of aliphatic hydroxyl groups is 1. The van der Waals surface area contributed by atoms with E-state index >= 15 is 0 Å². The molecule has 2 fully saturated rings. The minimum absolute atomic E-state index is 0.0808. The lowest BCUT2D eigenvalue weighted by Gasteiger charge is -2.47. The summed E-state index contributed by atoms with van der Waals surface area (Å²) in [5.74, 6) is 0.230. The Balaban J connectivity index is 1.43. The van der Waals surface area contributed by atoms with Crippen LogP contribution < -0.4 is 4.72 Å². The maximum absolute atomic E-state index is 11.9. The van der Waals surface area contributed by atoms with Gasteiger partial charge >= 0.3 is 0 Å². The van der Waals surface area contributed by atoms with Crippen LogP contribution in [0.5, 0.6) is 0 Å². The zero-order chi connectivity index (χ0) is 15.1. The number of carbonyl (C=O) groups excluding carboxylic acids is 1. The van der Waals surface area contributed by atoms with Gasteiger partial charge in [-0.3, -0.25) is 4.79 Å². The molecule has 2 heterocycles. The molecular weight excluding hydrogens is 312 g/mol. The molecule has 2 aliphatic rings. The van der Waals surface area contributed by atoms with Crippen molar-refractivity contribution in [3.8, 4) is 0 Å². The number of carbonyl (C=O) groups is 1. The predicted molar refractivity (Wildman–Crippen MR) is 78.4 cm³/mol. The zero-order valence-electron chi connectivity index (χ0n) is 11.5. The summed E-state index contributed by atoms with van der Waals surface area (Å²) in [6.07, 6.45) is 2.20. The first kappa shape index (κ1) is 15.0. The molecule has 1 saturated heterocycles. The van der Waals surface area contributed by atoms with Crippen molar-refractivity contribution in [2.75, 3.05) is 19.6 Å². The summed E-state index contributed by atoms with van der Waals surface area (Å²) in [4.78, 5) is 13.5. The topological polar surface area (TPSA) is 86.7 Å². The number of rotatable bonds is 6. The number of thiophene rings is 1. The van der Waals surface area contributed by atoms with Crippen molar-refractivity contribution in [3.63, 3.8) is 0 Å². The monoisotopic (exact) mass is 330 g/mol. The fraction of sp³-hybridized carbons (Fsp3) is 0.615. The Bertz CT molecular complexity index is 617. The minimum Gasteiger partial charge on any atom is -0.386 e. The second-order valence-corrected chi connectivity index (χ2v) is 8.65. The molecule has 1 aromatic heterocycles. The summed E-state index contributed by atoms with van der Waals surface area (Å²) < 4.78 is 26.4. The van der Waals surface area contributed by atoms with E-state index in [1.165, 1.54) is 6.07 Å². The molecule has 21 heavy (non-hydrogen) atoms. The Labute approximate surface area is 127 Å².